The van der Waals surface area contributed by atoms with Gasteiger partial charge in [0.15, 0.2) is 0 Å². The van der Waals surface area contributed by atoms with E-state index in [0.717, 1.165) is 24.3 Å². The molecule has 3 amide bonds. The largest absolute Gasteiger partial charge is 0.439 e. The third kappa shape index (κ3) is 8.64. The van der Waals surface area contributed by atoms with Crippen molar-refractivity contribution in [3.8, 4) is 11.6 Å². The van der Waals surface area contributed by atoms with E-state index in [9.17, 15) is 18.4 Å². The van der Waals surface area contributed by atoms with Crippen LogP contribution < -0.4 is 20.3 Å². The lowest BCUT2D eigenvalue weighted by atomic mass is 10.0. The third-order valence-electron chi connectivity index (χ3n) is 7.82. The van der Waals surface area contributed by atoms with Crippen LogP contribution in [0.25, 0.3) is 0 Å². The quantitative estimate of drug-likeness (QED) is 0.183. The van der Waals surface area contributed by atoms with Crippen molar-refractivity contribution in [2.75, 3.05) is 43.6 Å². The van der Waals surface area contributed by atoms with E-state index in [2.05, 4.69) is 20.5 Å². The van der Waals surface area contributed by atoms with Crippen LogP contribution in [-0.4, -0.2) is 61.2 Å². The fourth-order valence-corrected chi connectivity index (χ4v) is 5.37. The summed E-state index contributed by atoms with van der Waals surface area (Å²) < 4.78 is 38.4. The molecule has 0 aliphatic carbocycles. The number of hydrogen-bond acceptors (Lipinski definition) is 6. The minimum absolute atomic E-state index is 0.156. The average Bonchev–Trinajstić information content (AvgIpc) is 3.05. The molecule has 1 aromatic heterocycles. The first kappa shape index (κ1) is 32.5. The van der Waals surface area contributed by atoms with Crippen LogP contribution in [0.3, 0.4) is 0 Å². The molecule has 9 nitrogen and oxygen atoms in total. The van der Waals surface area contributed by atoms with Crippen molar-refractivity contribution in [3.63, 3.8) is 0 Å². The Labute approximate surface area is 267 Å². The number of carbonyl (C=O) groups excluding carboxylic acids is 2. The number of aromatic nitrogens is 1. The summed E-state index contributed by atoms with van der Waals surface area (Å²) in [5.74, 6) is 0.0205. The zero-order chi connectivity index (χ0) is 32.5. The summed E-state index contributed by atoms with van der Waals surface area (Å²) in [5.41, 5.74) is 3.35. The molecule has 1 fully saturated rings. The van der Waals surface area contributed by atoms with Crippen LogP contribution in [0, 0.1) is 18.6 Å². The molecule has 240 valence electrons. The third-order valence-corrected chi connectivity index (χ3v) is 7.82. The van der Waals surface area contributed by atoms with Crippen molar-refractivity contribution in [2.45, 2.75) is 32.4 Å². The van der Waals surface area contributed by atoms with Gasteiger partial charge in [-0.15, -0.1) is 0 Å². The number of benzene rings is 3. The number of nitrogens with zero attached hydrogens (tertiary/aromatic N) is 3. The second-order valence-corrected chi connectivity index (χ2v) is 11.1. The zero-order valence-electron chi connectivity index (χ0n) is 25.8. The number of nitrogens with one attached hydrogen (secondary N) is 2. The Morgan fingerprint density at radius 2 is 1.70 bits per heavy atom. The molecule has 0 atom stereocenters. The Kier molecular flexibility index (Phi) is 10.9. The lowest BCUT2D eigenvalue weighted by molar-refractivity contribution is 0.0937. The average molecular weight is 630 g/mol. The Balaban J connectivity index is 1.18. The summed E-state index contributed by atoms with van der Waals surface area (Å²) in [5, 5.41) is 5.61. The predicted molar refractivity (Wildman–Crippen MR) is 172 cm³/mol. The molecular formula is C35H37F2N5O4. The fraction of sp³-hybridized carbons (Fsp3) is 0.286. The molecule has 46 heavy (non-hydrogen) atoms. The molecule has 0 bridgehead atoms. The smallest absolute Gasteiger partial charge is 0.326 e. The normalized spacial score (nSPS) is 13.7. The summed E-state index contributed by atoms with van der Waals surface area (Å²) in [6.45, 7) is 4.95. The summed E-state index contributed by atoms with van der Waals surface area (Å²) in [6, 6.07) is 21.7. The van der Waals surface area contributed by atoms with Gasteiger partial charge in [-0.2, -0.15) is 0 Å². The van der Waals surface area contributed by atoms with E-state index in [-0.39, 0.29) is 11.9 Å². The number of methoxy groups -OCH3 is 1. The molecule has 1 aliphatic rings. The van der Waals surface area contributed by atoms with E-state index in [1.165, 1.54) is 36.4 Å². The number of halogens is 2. The SMILES string of the molecule is COCCNC(=O)c1ccc(Oc2ccc(CN3CCC(N(C(=O)Nc4ccc(F)cc4)c4cccc(F)c4)CC3)c(C)n2)cc1. The number of likely N-dealkylation sites (tertiary alicyclic amines) is 1. The molecule has 0 unspecified atom stereocenters. The molecule has 11 heteroatoms. The van der Waals surface area contributed by atoms with E-state index < -0.39 is 17.7 Å². The van der Waals surface area contributed by atoms with Crippen molar-refractivity contribution >= 4 is 23.3 Å². The van der Waals surface area contributed by atoms with Gasteiger partial charge in [-0.05, 0) is 92.1 Å². The number of amides is 3. The van der Waals surface area contributed by atoms with Gasteiger partial charge in [0, 0.05) is 68.0 Å². The lowest BCUT2D eigenvalue weighted by Gasteiger charge is -2.38. The van der Waals surface area contributed by atoms with Gasteiger partial charge in [0.1, 0.15) is 17.4 Å². The van der Waals surface area contributed by atoms with Gasteiger partial charge in [0.05, 0.1) is 6.61 Å². The maximum atomic E-state index is 14.2. The van der Waals surface area contributed by atoms with E-state index in [1.54, 1.807) is 48.4 Å². The number of anilines is 2. The molecule has 2 N–H and O–H groups in total. The summed E-state index contributed by atoms with van der Waals surface area (Å²) >= 11 is 0. The number of piperidine rings is 1. The molecule has 3 aromatic carbocycles. The number of rotatable bonds is 11. The van der Waals surface area contributed by atoms with Crippen molar-refractivity contribution in [2.24, 2.45) is 0 Å². The van der Waals surface area contributed by atoms with Crippen LogP contribution in [0.5, 0.6) is 11.6 Å². The highest BCUT2D eigenvalue weighted by molar-refractivity contribution is 6.02. The molecule has 5 rings (SSSR count). The first-order chi connectivity index (χ1) is 22.3. The summed E-state index contributed by atoms with van der Waals surface area (Å²) in [6.07, 6.45) is 1.36. The van der Waals surface area contributed by atoms with Gasteiger partial charge in [-0.1, -0.05) is 12.1 Å². The number of carbonyl (C=O) groups is 2. The Morgan fingerprint density at radius 3 is 2.37 bits per heavy atom. The summed E-state index contributed by atoms with van der Waals surface area (Å²) in [7, 11) is 1.58. The van der Waals surface area contributed by atoms with Gasteiger partial charge in [0.25, 0.3) is 5.91 Å². The molecule has 1 saturated heterocycles. The first-order valence-electron chi connectivity index (χ1n) is 15.1. The number of pyridine rings is 1. The maximum Gasteiger partial charge on any atom is 0.326 e. The predicted octanol–water partition coefficient (Wildman–Crippen LogP) is 6.54. The fourth-order valence-electron chi connectivity index (χ4n) is 5.37. The van der Waals surface area contributed by atoms with E-state index in [1.807, 2.05) is 19.1 Å². The van der Waals surface area contributed by atoms with Crippen LogP contribution in [0.15, 0.2) is 84.9 Å². The van der Waals surface area contributed by atoms with Crippen LogP contribution in [0.1, 0.15) is 34.5 Å². The minimum atomic E-state index is -0.428. The standard InChI is InChI=1S/C35H37F2N5O4/c1-24-26(8-15-33(39-24)46-32-13-6-25(7-14-32)34(43)38-18-21-45-2)23-41-19-16-30(17-20-41)42(31-5-3-4-28(37)22-31)35(44)40-29-11-9-27(36)10-12-29/h3-15,22,30H,16-21,23H2,1-2H3,(H,38,43)(H,40,44). The number of ether oxygens (including phenoxy) is 2. The topological polar surface area (TPSA) is 96.0 Å². The molecule has 0 radical (unpaired) electrons. The van der Waals surface area contributed by atoms with E-state index in [0.29, 0.717) is 61.1 Å². The minimum Gasteiger partial charge on any atom is -0.439 e. The highest BCUT2D eigenvalue weighted by atomic mass is 19.1. The van der Waals surface area contributed by atoms with Gasteiger partial charge < -0.3 is 20.1 Å². The first-order valence-corrected chi connectivity index (χ1v) is 15.1. The Morgan fingerprint density at radius 1 is 0.957 bits per heavy atom. The number of urea groups is 1. The van der Waals surface area contributed by atoms with Gasteiger partial charge in [-0.25, -0.2) is 18.6 Å². The highest BCUT2D eigenvalue weighted by Crippen LogP contribution is 2.28. The van der Waals surface area contributed by atoms with Crippen LogP contribution in [-0.2, 0) is 11.3 Å². The molecule has 2 heterocycles. The van der Waals surface area contributed by atoms with Crippen LogP contribution >= 0.6 is 0 Å². The second kappa shape index (κ2) is 15.4. The summed E-state index contributed by atoms with van der Waals surface area (Å²) in [4.78, 5) is 34.2. The van der Waals surface area contributed by atoms with Crippen LogP contribution in [0.4, 0.5) is 25.0 Å². The molecule has 1 aliphatic heterocycles. The van der Waals surface area contributed by atoms with Crippen molar-refractivity contribution < 1.29 is 27.8 Å². The Hall–Kier alpha value is -4.87. The van der Waals surface area contributed by atoms with Gasteiger partial charge in [0.2, 0.25) is 5.88 Å². The van der Waals surface area contributed by atoms with Gasteiger partial charge in [-0.3, -0.25) is 14.6 Å². The maximum absolute atomic E-state index is 14.2. The monoisotopic (exact) mass is 629 g/mol. The second-order valence-electron chi connectivity index (χ2n) is 11.1. The zero-order valence-corrected chi connectivity index (χ0v) is 25.8. The highest BCUT2D eigenvalue weighted by Gasteiger charge is 2.30. The number of aryl methyl sites for hydroxylation is 1. The Bertz CT molecular complexity index is 1630. The molecule has 0 spiro atoms. The number of hydrogen-bond donors (Lipinski definition) is 2. The molecule has 4 aromatic rings. The van der Waals surface area contributed by atoms with Crippen molar-refractivity contribution in [1.82, 2.24) is 15.2 Å². The van der Waals surface area contributed by atoms with Crippen molar-refractivity contribution in [3.05, 3.63) is 113 Å². The molecule has 0 saturated carbocycles. The van der Waals surface area contributed by atoms with E-state index in [4.69, 9.17) is 9.47 Å². The van der Waals surface area contributed by atoms with E-state index >= 15 is 0 Å². The van der Waals surface area contributed by atoms with Crippen LogP contribution in [0.2, 0.25) is 0 Å². The van der Waals surface area contributed by atoms with Crippen molar-refractivity contribution in [1.29, 1.82) is 0 Å². The molecular weight excluding hydrogens is 592 g/mol. The van der Waals surface area contributed by atoms with Gasteiger partial charge >= 0.3 is 6.03 Å². The lowest BCUT2D eigenvalue weighted by Crippen LogP contribution is -2.49.